The molecule has 4 nitrogen and oxygen atoms in total. The summed E-state index contributed by atoms with van der Waals surface area (Å²) in [7, 11) is 3.71. The Morgan fingerprint density at radius 3 is 2.96 bits per heavy atom. The SMILES string of the molecule is C#CCOc1cc([C@@]23CC[C@@H](O)C=C2N(C)CC3)ccc1OC. The molecule has 0 amide bonds. The first-order valence-electron chi connectivity index (χ1n) is 7.97. The lowest BCUT2D eigenvalue weighted by Gasteiger charge is -2.37. The maximum atomic E-state index is 10.0. The van der Waals surface area contributed by atoms with Crippen molar-refractivity contribution in [2.75, 3.05) is 27.3 Å². The molecule has 4 heteroatoms. The second-order valence-electron chi connectivity index (χ2n) is 6.27. The van der Waals surface area contributed by atoms with Gasteiger partial charge in [0, 0.05) is 24.7 Å². The fourth-order valence-electron chi connectivity index (χ4n) is 3.82. The number of benzene rings is 1. The normalized spacial score (nSPS) is 26.3. The Kier molecular flexibility index (Phi) is 4.23. The van der Waals surface area contributed by atoms with Crippen molar-refractivity contribution in [3.8, 4) is 23.8 Å². The van der Waals surface area contributed by atoms with Crippen LogP contribution in [0.15, 0.2) is 30.0 Å². The number of fused-ring (bicyclic) bond motifs is 1. The van der Waals surface area contributed by atoms with Crippen molar-refractivity contribution in [1.82, 2.24) is 4.90 Å². The second kappa shape index (κ2) is 6.17. The quantitative estimate of drug-likeness (QED) is 0.866. The van der Waals surface area contributed by atoms with E-state index in [1.54, 1.807) is 7.11 Å². The number of likely N-dealkylation sites (tertiary alicyclic amines) is 1. The number of allylic oxidation sites excluding steroid dienone is 1. The van der Waals surface area contributed by atoms with Gasteiger partial charge < -0.3 is 19.5 Å². The van der Waals surface area contributed by atoms with E-state index >= 15 is 0 Å². The van der Waals surface area contributed by atoms with Crippen LogP contribution in [0.25, 0.3) is 0 Å². The van der Waals surface area contributed by atoms with Gasteiger partial charge in [0.2, 0.25) is 0 Å². The predicted octanol–water partition coefficient (Wildman–Crippen LogP) is 2.32. The summed E-state index contributed by atoms with van der Waals surface area (Å²) >= 11 is 0. The summed E-state index contributed by atoms with van der Waals surface area (Å²) in [5.41, 5.74) is 2.37. The molecule has 0 radical (unpaired) electrons. The highest BCUT2D eigenvalue weighted by atomic mass is 16.5. The Hall–Kier alpha value is -2.12. The summed E-state index contributed by atoms with van der Waals surface area (Å²) < 4.78 is 11.0. The largest absolute Gasteiger partial charge is 0.493 e. The number of terminal acetylenes is 1. The van der Waals surface area contributed by atoms with Gasteiger partial charge in [-0.15, -0.1) is 6.42 Å². The van der Waals surface area contributed by atoms with Gasteiger partial charge in [-0.05, 0) is 43.0 Å². The fraction of sp³-hybridized carbons (Fsp3) is 0.474. The molecule has 1 aromatic rings. The standard InChI is InChI=1S/C19H23NO3/c1-4-11-23-17-12-14(5-6-16(17)22-3)19-8-7-15(21)13-18(19)20(2)10-9-19/h1,5-6,12-13,15,21H,7-11H2,2-3H3/t15-,19+/m1/s1. The lowest BCUT2D eigenvalue weighted by Crippen LogP contribution is -2.33. The minimum Gasteiger partial charge on any atom is -0.493 e. The average molecular weight is 313 g/mol. The third-order valence-corrected chi connectivity index (χ3v) is 5.02. The number of aliphatic hydroxyl groups is 1. The van der Waals surface area contributed by atoms with Gasteiger partial charge in [0.25, 0.3) is 0 Å². The molecule has 0 unspecified atom stereocenters. The van der Waals surface area contributed by atoms with Gasteiger partial charge in [0.05, 0.1) is 13.2 Å². The molecule has 122 valence electrons. The summed E-state index contributed by atoms with van der Waals surface area (Å²) in [6, 6.07) is 6.09. The smallest absolute Gasteiger partial charge is 0.162 e. The van der Waals surface area contributed by atoms with Crippen LogP contribution >= 0.6 is 0 Å². The third-order valence-electron chi connectivity index (χ3n) is 5.02. The molecule has 3 rings (SSSR count). The fourth-order valence-corrected chi connectivity index (χ4v) is 3.82. The highest BCUT2D eigenvalue weighted by Crippen LogP contribution is 2.50. The second-order valence-corrected chi connectivity index (χ2v) is 6.27. The van der Waals surface area contributed by atoms with Crippen LogP contribution in [0.2, 0.25) is 0 Å². The Balaban J connectivity index is 2.03. The van der Waals surface area contributed by atoms with Crippen molar-refractivity contribution in [2.45, 2.75) is 30.8 Å². The molecule has 0 bridgehead atoms. The molecule has 1 aromatic carbocycles. The molecule has 1 fully saturated rings. The Morgan fingerprint density at radius 2 is 2.22 bits per heavy atom. The zero-order chi connectivity index (χ0) is 16.4. The van der Waals surface area contributed by atoms with Gasteiger partial charge in [0.1, 0.15) is 6.61 Å². The van der Waals surface area contributed by atoms with Gasteiger partial charge in [-0.25, -0.2) is 0 Å². The maximum absolute atomic E-state index is 10.0. The molecular weight excluding hydrogens is 290 g/mol. The van der Waals surface area contributed by atoms with Crippen LogP contribution in [0, 0.1) is 12.3 Å². The predicted molar refractivity (Wildman–Crippen MR) is 89.6 cm³/mol. The molecule has 2 atom stereocenters. The van der Waals surface area contributed by atoms with Crippen LogP contribution in [0.1, 0.15) is 24.8 Å². The van der Waals surface area contributed by atoms with Crippen molar-refractivity contribution in [3.63, 3.8) is 0 Å². The number of hydrogen-bond acceptors (Lipinski definition) is 4. The van der Waals surface area contributed by atoms with Crippen LogP contribution in [0.5, 0.6) is 11.5 Å². The molecule has 0 aromatic heterocycles. The number of hydrogen-bond donors (Lipinski definition) is 1. The van der Waals surface area contributed by atoms with E-state index in [4.69, 9.17) is 15.9 Å². The Labute approximate surface area is 137 Å². The summed E-state index contributed by atoms with van der Waals surface area (Å²) in [5, 5.41) is 10.0. The molecule has 1 aliphatic heterocycles. The number of likely N-dealkylation sites (N-methyl/N-ethyl adjacent to an activating group) is 1. The van der Waals surface area contributed by atoms with Gasteiger partial charge in [-0.3, -0.25) is 0 Å². The van der Waals surface area contributed by atoms with E-state index in [0.29, 0.717) is 11.5 Å². The molecule has 2 aliphatic rings. The van der Waals surface area contributed by atoms with Crippen LogP contribution in [0.3, 0.4) is 0 Å². The molecule has 1 saturated heterocycles. The maximum Gasteiger partial charge on any atom is 0.162 e. The van der Waals surface area contributed by atoms with E-state index in [2.05, 4.69) is 23.9 Å². The Morgan fingerprint density at radius 1 is 1.39 bits per heavy atom. The van der Waals surface area contributed by atoms with Crippen LogP contribution in [0.4, 0.5) is 0 Å². The molecule has 0 spiro atoms. The van der Waals surface area contributed by atoms with E-state index in [1.807, 2.05) is 18.2 Å². The van der Waals surface area contributed by atoms with Crippen molar-refractivity contribution in [1.29, 1.82) is 0 Å². The van der Waals surface area contributed by atoms with Crippen LogP contribution in [-0.2, 0) is 5.41 Å². The molecule has 0 saturated carbocycles. The van der Waals surface area contributed by atoms with Crippen molar-refractivity contribution in [3.05, 3.63) is 35.5 Å². The lowest BCUT2D eigenvalue weighted by atomic mass is 9.70. The van der Waals surface area contributed by atoms with Crippen molar-refractivity contribution >= 4 is 0 Å². The average Bonchev–Trinajstić information content (AvgIpc) is 2.90. The van der Waals surface area contributed by atoms with E-state index in [9.17, 15) is 5.11 Å². The van der Waals surface area contributed by atoms with E-state index in [1.165, 1.54) is 11.3 Å². The third kappa shape index (κ3) is 2.66. The van der Waals surface area contributed by atoms with Gasteiger partial charge in [-0.1, -0.05) is 12.0 Å². The summed E-state index contributed by atoms with van der Waals surface area (Å²) in [6.45, 7) is 1.21. The van der Waals surface area contributed by atoms with Crippen molar-refractivity contribution in [2.24, 2.45) is 0 Å². The molecule has 23 heavy (non-hydrogen) atoms. The van der Waals surface area contributed by atoms with Crippen LogP contribution in [-0.4, -0.2) is 43.4 Å². The molecule has 1 aliphatic carbocycles. The first kappa shape index (κ1) is 15.8. The van der Waals surface area contributed by atoms with E-state index in [-0.39, 0.29) is 18.1 Å². The summed E-state index contributed by atoms with van der Waals surface area (Å²) in [5.74, 6) is 3.86. The monoisotopic (exact) mass is 313 g/mol. The molecule has 1 N–H and O–H groups in total. The van der Waals surface area contributed by atoms with Crippen molar-refractivity contribution < 1.29 is 14.6 Å². The number of methoxy groups -OCH3 is 1. The zero-order valence-corrected chi connectivity index (χ0v) is 13.7. The lowest BCUT2D eigenvalue weighted by molar-refractivity contribution is 0.181. The minimum atomic E-state index is -0.353. The number of aliphatic hydroxyl groups excluding tert-OH is 1. The van der Waals surface area contributed by atoms with Gasteiger partial charge in [-0.2, -0.15) is 0 Å². The highest BCUT2D eigenvalue weighted by Gasteiger charge is 2.45. The topological polar surface area (TPSA) is 41.9 Å². The molecular formula is C19H23NO3. The number of ether oxygens (including phenoxy) is 2. The van der Waals surface area contributed by atoms with Crippen LogP contribution < -0.4 is 9.47 Å². The number of nitrogens with zero attached hydrogens (tertiary/aromatic N) is 1. The zero-order valence-electron chi connectivity index (χ0n) is 13.7. The summed E-state index contributed by atoms with van der Waals surface area (Å²) in [6.07, 6.45) is 9.72. The first-order chi connectivity index (χ1) is 11.1. The highest BCUT2D eigenvalue weighted by molar-refractivity contribution is 5.49. The van der Waals surface area contributed by atoms with Gasteiger partial charge in [0.15, 0.2) is 11.5 Å². The van der Waals surface area contributed by atoms with E-state index < -0.39 is 0 Å². The van der Waals surface area contributed by atoms with Gasteiger partial charge >= 0.3 is 0 Å². The Bertz CT molecular complexity index is 661. The van der Waals surface area contributed by atoms with E-state index in [0.717, 1.165) is 25.8 Å². The minimum absolute atomic E-state index is 0.0471. The number of rotatable bonds is 4. The molecule has 1 heterocycles. The summed E-state index contributed by atoms with van der Waals surface area (Å²) in [4.78, 5) is 2.24. The first-order valence-corrected chi connectivity index (χ1v) is 7.97.